The quantitative estimate of drug-likeness (QED) is 0.708. The fraction of sp³-hybridized carbons (Fsp3) is 0.750. The molecule has 1 aliphatic rings. The lowest BCUT2D eigenvalue weighted by Crippen LogP contribution is -2.20. The monoisotopic (exact) mass is 223 g/mol. The maximum absolute atomic E-state index is 5.35. The number of nitrogens with zero attached hydrogens (tertiary/aromatic N) is 2. The van der Waals surface area contributed by atoms with Crippen LogP contribution >= 0.6 is 0 Å². The van der Waals surface area contributed by atoms with Crippen LogP contribution in [0.5, 0.6) is 0 Å². The molecule has 0 amide bonds. The lowest BCUT2D eigenvalue weighted by atomic mass is 10.1. The summed E-state index contributed by atoms with van der Waals surface area (Å²) >= 11 is 0. The summed E-state index contributed by atoms with van der Waals surface area (Å²) in [5, 5.41) is 3.49. The van der Waals surface area contributed by atoms with Gasteiger partial charge in [-0.25, -0.2) is 4.98 Å². The Bertz CT molecular complexity index is 268. The van der Waals surface area contributed by atoms with E-state index >= 15 is 0 Å². The van der Waals surface area contributed by atoms with Gasteiger partial charge in [-0.3, -0.25) is 0 Å². The molecule has 1 unspecified atom stereocenters. The van der Waals surface area contributed by atoms with Gasteiger partial charge in [-0.1, -0.05) is 0 Å². The molecular formula is C12H21N3O. The molecular weight excluding hydrogens is 202 g/mol. The predicted octanol–water partition coefficient (Wildman–Crippen LogP) is 1.29. The fourth-order valence-corrected chi connectivity index (χ4v) is 2.05. The van der Waals surface area contributed by atoms with E-state index in [-0.39, 0.29) is 0 Å². The average molecular weight is 223 g/mol. The zero-order chi connectivity index (χ0) is 11.1. The Balaban J connectivity index is 1.43. The lowest BCUT2D eigenvalue weighted by molar-refractivity contribution is 0.184. The van der Waals surface area contributed by atoms with E-state index < -0.39 is 0 Å². The maximum atomic E-state index is 5.35. The van der Waals surface area contributed by atoms with Gasteiger partial charge in [-0.15, -0.1) is 0 Å². The van der Waals surface area contributed by atoms with Crippen molar-refractivity contribution in [1.82, 2.24) is 14.9 Å². The van der Waals surface area contributed by atoms with Gasteiger partial charge in [0.15, 0.2) is 0 Å². The smallest absolute Gasteiger partial charge is 0.0945 e. The first-order valence-electron chi connectivity index (χ1n) is 6.19. The van der Waals surface area contributed by atoms with Crippen molar-refractivity contribution in [1.29, 1.82) is 0 Å². The van der Waals surface area contributed by atoms with E-state index in [0.29, 0.717) is 0 Å². The zero-order valence-corrected chi connectivity index (χ0v) is 9.77. The molecule has 0 spiro atoms. The van der Waals surface area contributed by atoms with Gasteiger partial charge in [-0.05, 0) is 38.3 Å². The number of imidazole rings is 1. The van der Waals surface area contributed by atoms with E-state index in [1.54, 1.807) is 0 Å². The Kier molecular flexibility index (Phi) is 4.83. The number of ether oxygens (including phenoxy) is 1. The van der Waals surface area contributed by atoms with Crippen molar-refractivity contribution in [3.8, 4) is 0 Å². The van der Waals surface area contributed by atoms with Crippen LogP contribution in [0.15, 0.2) is 18.7 Å². The van der Waals surface area contributed by atoms with Crippen LogP contribution < -0.4 is 5.32 Å². The third kappa shape index (κ3) is 3.94. The van der Waals surface area contributed by atoms with Crippen molar-refractivity contribution in [3.05, 3.63) is 18.7 Å². The number of aromatic nitrogens is 2. The topological polar surface area (TPSA) is 39.1 Å². The highest BCUT2D eigenvalue weighted by Gasteiger charge is 2.14. The molecule has 2 rings (SSSR count). The molecule has 1 aliphatic heterocycles. The van der Waals surface area contributed by atoms with Crippen molar-refractivity contribution >= 4 is 0 Å². The SMILES string of the molecule is c1cn(CCCNCCC2CCOC2)cn1. The first-order valence-corrected chi connectivity index (χ1v) is 6.19. The minimum absolute atomic E-state index is 0.793. The van der Waals surface area contributed by atoms with Gasteiger partial charge in [0.25, 0.3) is 0 Å². The third-order valence-electron chi connectivity index (χ3n) is 3.08. The average Bonchev–Trinajstić information content (AvgIpc) is 2.96. The van der Waals surface area contributed by atoms with Gasteiger partial charge < -0.3 is 14.6 Å². The molecule has 0 bridgehead atoms. The van der Waals surface area contributed by atoms with Crippen molar-refractivity contribution < 1.29 is 4.74 Å². The molecule has 1 fully saturated rings. The minimum Gasteiger partial charge on any atom is -0.381 e. The van der Waals surface area contributed by atoms with Crippen molar-refractivity contribution in [2.24, 2.45) is 5.92 Å². The molecule has 1 aromatic rings. The number of rotatable bonds is 7. The lowest BCUT2D eigenvalue weighted by Gasteiger charge is -2.08. The number of aryl methyl sites for hydroxylation is 1. The second kappa shape index (κ2) is 6.66. The highest BCUT2D eigenvalue weighted by atomic mass is 16.5. The molecule has 4 nitrogen and oxygen atoms in total. The van der Waals surface area contributed by atoms with Gasteiger partial charge in [-0.2, -0.15) is 0 Å². The van der Waals surface area contributed by atoms with E-state index in [1.807, 2.05) is 18.7 Å². The standard InChI is InChI=1S/C12H21N3O/c1(7-15-8-6-14-11-15)4-13-5-2-12-3-9-16-10-12/h6,8,11-13H,1-5,7,9-10H2. The fourth-order valence-electron chi connectivity index (χ4n) is 2.05. The molecule has 90 valence electrons. The molecule has 1 atom stereocenters. The van der Waals surface area contributed by atoms with Gasteiger partial charge in [0.1, 0.15) is 0 Å². The Morgan fingerprint density at radius 1 is 1.44 bits per heavy atom. The summed E-state index contributed by atoms with van der Waals surface area (Å²) in [6, 6.07) is 0. The minimum atomic E-state index is 0.793. The van der Waals surface area contributed by atoms with Crippen molar-refractivity contribution in [2.45, 2.75) is 25.8 Å². The molecule has 1 saturated heterocycles. The largest absolute Gasteiger partial charge is 0.381 e. The molecule has 2 heterocycles. The predicted molar refractivity (Wildman–Crippen MR) is 63.3 cm³/mol. The number of hydrogen-bond donors (Lipinski definition) is 1. The second-order valence-corrected chi connectivity index (χ2v) is 4.42. The first kappa shape index (κ1) is 11.6. The molecule has 0 radical (unpaired) electrons. The van der Waals surface area contributed by atoms with Gasteiger partial charge in [0.05, 0.1) is 6.33 Å². The summed E-state index contributed by atoms with van der Waals surface area (Å²) in [4.78, 5) is 4.02. The summed E-state index contributed by atoms with van der Waals surface area (Å²) in [5.74, 6) is 0.793. The van der Waals surface area contributed by atoms with Gasteiger partial charge in [0.2, 0.25) is 0 Å². The van der Waals surface area contributed by atoms with E-state index in [2.05, 4.69) is 14.9 Å². The van der Waals surface area contributed by atoms with Crippen molar-refractivity contribution in [3.63, 3.8) is 0 Å². The van der Waals surface area contributed by atoms with Crippen LogP contribution in [0.1, 0.15) is 19.3 Å². The molecule has 4 heteroatoms. The van der Waals surface area contributed by atoms with Crippen molar-refractivity contribution in [2.75, 3.05) is 26.3 Å². The molecule has 0 saturated carbocycles. The highest BCUT2D eigenvalue weighted by Crippen LogP contribution is 2.14. The second-order valence-electron chi connectivity index (χ2n) is 4.42. The summed E-state index contributed by atoms with van der Waals surface area (Å²) in [6.07, 6.45) is 9.37. The van der Waals surface area contributed by atoms with E-state index in [4.69, 9.17) is 4.74 Å². The molecule has 0 aromatic carbocycles. The van der Waals surface area contributed by atoms with Crippen LogP contribution in [0.2, 0.25) is 0 Å². The molecule has 1 N–H and O–H groups in total. The van der Waals surface area contributed by atoms with Crippen LogP contribution in [0.4, 0.5) is 0 Å². The Morgan fingerprint density at radius 2 is 2.44 bits per heavy atom. The van der Waals surface area contributed by atoms with Gasteiger partial charge >= 0.3 is 0 Å². The summed E-state index contributed by atoms with van der Waals surface area (Å²) < 4.78 is 7.46. The third-order valence-corrected chi connectivity index (χ3v) is 3.08. The van der Waals surface area contributed by atoms with Crippen LogP contribution in [0.25, 0.3) is 0 Å². The Labute approximate surface area is 97.0 Å². The van der Waals surface area contributed by atoms with Crippen LogP contribution in [-0.2, 0) is 11.3 Å². The number of hydrogen-bond acceptors (Lipinski definition) is 3. The summed E-state index contributed by atoms with van der Waals surface area (Å²) in [5.41, 5.74) is 0. The van der Waals surface area contributed by atoms with Crippen LogP contribution in [0, 0.1) is 5.92 Å². The highest BCUT2D eigenvalue weighted by molar-refractivity contribution is 4.73. The Morgan fingerprint density at radius 3 is 3.19 bits per heavy atom. The number of nitrogens with one attached hydrogen (secondary N) is 1. The molecule has 16 heavy (non-hydrogen) atoms. The zero-order valence-electron chi connectivity index (χ0n) is 9.77. The van der Waals surface area contributed by atoms with Crippen LogP contribution in [-0.4, -0.2) is 35.9 Å². The Hall–Kier alpha value is -0.870. The van der Waals surface area contributed by atoms with Gasteiger partial charge in [0, 0.05) is 32.2 Å². The summed E-state index contributed by atoms with van der Waals surface area (Å²) in [7, 11) is 0. The normalized spacial score (nSPS) is 20.4. The van der Waals surface area contributed by atoms with E-state index in [9.17, 15) is 0 Å². The molecule has 1 aromatic heterocycles. The molecule has 0 aliphatic carbocycles. The van der Waals surface area contributed by atoms with Crippen LogP contribution in [0.3, 0.4) is 0 Å². The van der Waals surface area contributed by atoms with E-state index in [0.717, 1.165) is 45.2 Å². The maximum Gasteiger partial charge on any atom is 0.0945 e. The summed E-state index contributed by atoms with van der Waals surface area (Å²) in [6.45, 7) is 5.20. The first-order chi connectivity index (χ1) is 7.95. The van der Waals surface area contributed by atoms with E-state index in [1.165, 1.54) is 12.8 Å².